The van der Waals surface area contributed by atoms with E-state index in [0.29, 0.717) is 17.3 Å². The van der Waals surface area contributed by atoms with Crippen LogP contribution in [0.2, 0.25) is 0 Å². The zero-order valence-corrected chi connectivity index (χ0v) is 19.7. The summed E-state index contributed by atoms with van der Waals surface area (Å²) in [4.78, 5) is 37.9. The number of benzene rings is 2. The van der Waals surface area contributed by atoms with Crippen LogP contribution in [-0.4, -0.2) is 21.6 Å². The number of aryl methyl sites for hydroxylation is 1. The van der Waals surface area contributed by atoms with Crippen molar-refractivity contribution in [3.05, 3.63) is 76.1 Å². The third kappa shape index (κ3) is 6.16. The smallest absolute Gasteiger partial charge is 0.291 e. The first kappa shape index (κ1) is 23.9. The normalized spacial score (nSPS) is 11.0. The van der Waals surface area contributed by atoms with Gasteiger partial charge in [0, 0.05) is 17.2 Å². The van der Waals surface area contributed by atoms with Crippen LogP contribution in [0.15, 0.2) is 59.4 Å². The highest BCUT2D eigenvalue weighted by Gasteiger charge is 2.16. The van der Waals surface area contributed by atoms with E-state index >= 15 is 0 Å². The lowest BCUT2D eigenvalue weighted by Gasteiger charge is -2.13. The lowest BCUT2D eigenvalue weighted by atomic mass is 10.0. The number of carbonyl (C=O) groups excluding carboxylic acids is 2. The Kier molecular flexibility index (Phi) is 7.43. The Balaban J connectivity index is 1.90. The minimum Gasteiger partial charge on any atom is -0.324 e. The van der Waals surface area contributed by atoms with Crippen LogP contribution in [0.4, 0.5) is 11.4 Å². The molecule has 3 rings (SSSR count). The zero-order chi connectivity index (χ0) is 24.1. The van der Waals surface area contributed by atoms with Gasteiger partial charge in [-0.3, -0.25) is 14.4 Å². The topological polar surface area (TPSA) is 93.1 Å². The van der Waals surface area contributed by atoms with E-state index in [1.165, 1.54) is 5.56 Å². The summed E-state index contributed by atoms with van der Waals surface area (Å²) in [5.74, 6) is -0.578. The number of aromatic nitrogens is 2. The molecule has 0 aliphatic rings. The van der Waals surface area contributed by atoms with Gasteiger partial charge in [-0.25, -0.2) is 4.68 Å². The summed E-state index contributed by atoms with van der Waals surface area (Å²) in [5, 5.41) is 9.87. The lowest BCUT2D eigenvalue weighted by Crippen LogP contribution is -2.33. The summed E-state index contributed by atoms with van der Waals surface area (Å²) in [5.41, 5.74) is 3.71. The van der Waals surface area contributed by atoms with E-state index < -0.39 is 5.56 Å². The third-order valence-corrected chi connectivity index (χ3v) is 5.26. The van der Waals surface area contributed by atoms with Gasteiger partial charge in [-0.15, -0.1) is 0 Å². The number of hydrogen-bond acceptors (Lipinski definition) is 4. The fourth-order valence-electron chi connectivity index (χ4n) is 3.17. The molecule has 0 unspecified atom stereocenters. The van der Waals surface area contributed by atoms with E-state index in [-0.39, 0.29) is 30.0 Å². The van der Waals surface area contributed by atoms with Gasteiger partial charge >= 0.3 is 0 Å². The number of hydrogen-bond donors (Lipinski definition) is 2. The van der Waals surface area contributed by atoms with Crippen molar-refractivity contribution in [2.24, 2.45) is 5.92 Å². The molecule has 172 valence electrons. The fraction of sp³-hybridized carbons (Fsp3) is 0.308. The van der Waals surface area contributed by atoms with E-state index in [4.69, 9.17) is 0 Å². The summed E-state index contributed by atoms with van der Waals surface area (Å²) in [7, 11) is 0. The number of nitrogens with zero attached hydrogens (tertiary/aromatic N) is 2. The second-order valence-corrected chi connectivity index (χ2v) is 8.74. The fourth-order valence-corrected chi connectivity index (χ4v) is 3.17. The molecule has 0 atom stereocenters. The Morgan fingerprint density at radius 2 is 1.58 bits per heavy atom. The van der Waals surface area contributed by atoms with Crippen molar-refractivity contribution in [1.29, 1.82) is 0 Å². The molecular weight excluding hydrogens is 416 g/mol. The van der Waals surface area contributed by atoms with E-state index in [1.807, 2.05) is 55.5 Å². The molecule has 0 saturated heterocycles. The molecule has 3 aromatic rings. The minimum absolute atomic E-state index is 0.0911. The summed E-state index contributed by atoms with van der Waals surface area (Å²) in [6.07, 6.45) is 0. The summed E-state index contributed by atoms with van der Waals surface area (Å²) >= 11 is 0. The van der Waals surface area contributed by atoms with E-state index in [9.17, 15) is 14.4 Å². The number of carbonyl (C=O) groups is 2. The number of rotatable bonds is 7. The van der Waals surface area contributed by atoms with Crippen LogP contribution in [0.3, 0.4) is 0 Å². The maximum absolute atomic E-state index is 13.0. The van der Waals surface area contributed by atoms with Crippen molar-refractivity contribution in [3.63, 3.8) is 0 Å². The van der Waals surface area contributed by atoms with Crippen LogP contribution in [0, 0.1) is 12.8 Å². The molecule has 0 fully saturated rings. The van der Waals surface area contributed by atoms with E-state index in [0.717, 1.165) is 15.8 Å². The van der Waals surface area contributed by atoms with E-state index in [1.54, 1.807) is 19.9 Å². The third-order valence-electron chi connectivity index (χ3n) is 5.26. The molecule has 1 aromatic heterocycles. The molecule has 0 spiro atoms. The molecule has 2 N–H and O–H groups in total. The van der Waals surface area contributed by atoms with Gasteiger partial charge in [0.1, 0.15) is 12.2 Å². The summed E-state index contributed by atoms with van der Waals surface area (Å²) in [6, 6.07) is 16.8. The van der Waals surface area contributed by atoms with Gasteiger partial charge < -0.3 is 10.6 Å². The SMILES string of the molecule is Cc1ccc(-c2cc(NC(=O)C(C)C)c(=O)n(CC(=O)Nc3ccc(C(C)C)cc3)n2)cc1. The van der Waals surface area contributed by atoms with Gasteiger partial charge in [-0.05, 0) is 36.6 Å². The van der Waals surface area contributed by atoms with Crippen molar-refractivity contribution in [2.45, 2.75) is 47.1 Å². The maximum atomic E-state index is 13.0. The largest absolute Gasteiger partial charge is 0.324 e. The van der Waals surface area contributed by atoms with Crippen molar-refractivity contribution < 1.29 is 9.59 Å². The van der Waals surface area contributed by atoms with Gasteiger partial charge in [0.2, 0.25) is 11.8 Å². The predicted octanol–water partition coefficient (Wildman–Crippen LogP) is 4.58. The number of anilines is 2. The van der Waals surface area contributed by atoms with Crippen molar-refractivity contribution in [2.75, 3.05) is 10.6 Å². The summed E-state index contributed by atoms with van der Waals surface area (Å²) in [6.45, 7) is 9.38. The van der Waals surface area contributed by atoms with Crippen LogP contribution in [0.1, 0.15) is 44.7 Å². The molecule has 0 saturated carbocycles. The van der Waals surface area contributed by atoms with E-state index in [2.05, 4.69) is 29.6 Å². The zero-order valence-electron chi connectivity index (χ0n) is 19.7. The highest BCUT2D eigenvalue weighted by atomic mass is 16.2. The molecule has 33 heavy (non-hydrogen) atoms. The quantitative estimate of drug-likeness (QED) is 0.556. The molecule has 0 aliphatic carbocycles. The first-order valence-corrected chi connectivity index (χ1v) is 11.0. The first-order chi connectivity index (χ1) is 15.6. The second-order valence-electron chi connectivity index (χ2n) is 8.74. The predicted molar refractivity (Wildman–Crippen MR) is 131 cm³/mol. The van der Waals surface area contributed by atoms with Crippen LogP contribution in [-0.2, 0) is 16.1 Å². The Morgan fingerprint density at radius 1 is 0.939 bits per heavy atom. The molecule has 2 aromatic carbocycles. The number of amides is 2. The average molecular weight is 447 g/mol. The molecule has 0 radical (unpaired) electrons. The maximum Gasteiger partial charge on any atom is 0.291 e. The second kappa shape index (κ2) is 10.3. The van der Waals surface area contributed by atoms with Gasteiger partial charge in [0.05, 0.1) is 5.69 Å². The first-order valence-electron chi connectivity index (χ1n) is 11.0. The van der Waals surface area contributed by atoms with Crippen LogP contribution < -0.4 is 16.2 Å². The van der Waals surface area contributed by atoms with Crippen LogP contribution in [0.5, 0.6) is 0 Å². The summed E-state index contributed by atoms with van der Waals surface area (Å²) < 4.78 is 1.09. The van der Waals surface area contributed by atoms with Crippen LogP contribution >= 0.6 is 0 Å². The van der Waals surface area contributed by atoms with Crippen molar-refractivity contribution in [3.8, 4) is 11.3 Å². The van der Waals surface area contributed by atoms with Crippen molar-refractivity contribution >= 4 is 23.2 Å². The monoisotopic (exact) mass is 446 g/mol. The van der Waals surface area contributed by atoms with Gasteiger partial charge in [0.25, 0.3) is 5.56 Å². The van der Waals surface area contributed by atoms with Gasteiger partial charge in [-0.1, -0.05) is 69.7 Å². The number of nitrogens with one attached hydrogen (secondary N) is 2. The molecule has 0 aliphatic heterocycles. The Hall–Kier alpha value is -3.74. The van der Waals surface area contributed by atoms with Gasteiger partial charge in [-0.2, -0.15) is 5.10 Å². The minimum atomic E-state index is -0.537. The molecule has 1 heterocycles. The highest BCUT2D eigenvalue weighted by Crippen LogP contribution is 2.20. The Morgan fingerprint density at radius 3 is 2.15 bits per heavy atom. The lowest BCUT2D eigenvalue weighted by molar-refractivity contribution is -0.119. The van der Waals surface area contributed by atoms with Crippen LogP contribution in [0.25, 0.3) is 11.3 Å². The Labute approximate surface area is 193 Å². The standard InChI is InChI=1S/C26H30N4O3/c1-16(2)19-10-12-21(13-11-19)27-24(31)15-30-26(33)23(28-25(32)17(3)4)14-22(29-30)20-8-6-18(5)7-9-20/h6-14,16-17H,15H2,1-5H3,(H,27,31)(H,28,32). The molecule has 7 nitrogen and oxygen atoms in total. The molecule has 2 amide bonds. The van der Waals surface area contributed by atoms with Gasteiger partial charge in [0.15, 0.2) is 0 Å². The highest BCUT2D eigenvalue weighted by molar-refractivity contribution is 5.93. The Bertz CT molecular complexity index is 1190. The molecule has 7 heteroatoms. The molecular formula is C26H30N4O3. The average Bonchev–Trinajstić information content (AvgIpc) is 2.77. The van der Waals surface area contributed by atoms with Crippen molar-refractivity contribution in [1.82, 2.24) is 9.78 Å². The molecule has 0 bridgehead atoms.